The van der Waals surface area contributed by atoms with Gasteiger partial charge in [-0.25, -0.2) is 4.68 Å². The molecule has 110 valence electrons. The minimum absolute atomic E-state index is 0.0448. The van der Waals surface area contributed by atoms with Gasteiger partial charge in [-0.2, -0.15) is 5.10 Å². The van der Waals surface area contributed by atoms with Crippen LogP contribution in [-0.4, -0.2) is 28.9 Å². The first-order valence-electron chi connectivity index (χ1n) is 7.36. The van der Waals surface area contributed by atoms with Crippen molar-refractivity contribution in [3.8, 4) is 0 Å². The summed E-state index contributed by atoms with van der Waals surface area (Å²) in [4.78, 5) is 14.4. The number of fused-ring (bicyclic) bond motifs is 1. The van der Waals surface area contributed by atoms with E-state index in [2.05, 4.69) is 25.9 Å². The van der Waals surface area contributed by atoms with Crippen LogP contribution in [0.1, 0.15) is 26.2 Å². The Kier molecular flexibility index (Phi) is 3.86. The average Bonchev–Trinajstić information content (AvgIpc) is 2.84. The first-order valence-corrected chi connectivity index (χ1v) is 8.15. The summed E-state index contributed by atoms with van der Waals surface area (Å²) in [5.41, 5.74) is 6.96. The monoisotopic (exact) mass is 340 g/mol. The molecule has 0 spiro atoms. The Labute approximate surface area is 127 Å². The molecule has 0 aromatic carbocycles. The molecule has 3 rings (SSSR count). The third-order valence-corrected chi connectivity index (χ3v) is 5.44. The summed E-state index contributed by atoms with van der Waals surface area (Å²) in [5.74, 6) is 1.38. The minimum atomic E-state index is -0.0448. The zero-order chi connectivity index (χ0) is 14.3. The zero-order valence-corrected chi connectivity index (χ0v) is 13.3. The number of halogens is 1. The van der Waals surface area contributed by atoms with Crippen molar-refractivity contribution in [3.63, 3.8) is 0 Å². The molecule has 1 aliphatic heterocycles. The highest BCUT2D eigenvalue weighted by atomic mass is 79.9. The molecule has 0 bridgehead atoms. The summed E-state index contributed by atoms with van der Waals surface area (Å²) >= 11 is 3.45. The maximum atomic E-state index is 12.2. The van der Waals surface area contributed by atoms with E-state index in [0.29, 0.717) is 23.0 Å². The van der Waals surface area contributed by atoms with E-state index in [1.807, 2.05) is 13.1 Å². The SMILES string of the molecule is CCn1ncc(N2C[C@H]3CCC(N)C[C@H]3C2)c(Br)c1=O. The van der Waals surface area contributed by atoms with Gasteiger partial charge in [0.2, 0.25) is 0 Å². The predicted octanol–water partition coefficient (Wildman–Crippen LogP) is 1.59. The van der Waals surface area contributed by atoms with Gasteiger partial charge in [-0.1, -0.05) is 0 Å². The van der Waals surface area contributed by atoms with E-state index in [1.165, 1.54) is 11.1 Å². The van der Waals surface area contributed by atoms with Crippen LogP contribution in [0.5, 0.6) is 0 Å². The van der Waals surface area contributed by atoms with E-state index in [-0.39, 0.29) is 5.56 Å². The Morgan fingerprint density at radius 2 is 2.15 bits per heavy atom. The van der Waals surface area contributed by atoms with Crippen molar-refractivity contribution in [2.75, 3.05) is 18.0 Å². The Morgan fingerprint density at radius 1 is 1.40 bits per heavy atom. The van der Waals surface area contributed by atoms with Crippen molar-refractivity contribution in [3.05, 3.63) is 21.0 Å². The number of anilines is 1. The lowest BCUT2D eigenvalue weighted by atomic mass is 9.79. The Bertz CT molecular complexity index is 559. The molecule has 2 aliphatic rings. The van der Waals surface area contributed by atoms with Crippen LogP contribution in [0.2, 0.25) is 0 Å². The zero-order valence-electron chi connectivity index (χ0n) is 11.8. The second-order valence-electron chi connectivity index (χ2n) is 5.96. The number of nitrogens with two attached hydrogens (primary N) is 1. The highest BCUT2D eigenvalue weighted by molar-refractivity contribution is 9.10. The fourth-order valence-corrected chi connectivity index (χ4v) is 4.12. The quantitative estimate of drug-likeness (QED) is 0.887. The van der Waals surface area contributed by atoms with Gasteiger partial charge < -0.3 is 10.6 Å². The third kappa shape index (κ3) is 2.39. The van der Waals surface area contributed by atoms with E-state index >= 15 is 0 Å². The normalized spacial score (nSPS) is 29.6. The van der Waals surface area contributed by atoms with Gasteiger partial charge in [-0.3, -0.25) is 4.79 Å². The average molecular weight is 341 g/mol. The number of hydrogen-bond acceptors (Lipinski definition) is 4. The maximum absolute atomic E-state index is 12.2. The number of hydrogen-bond donors (Lipinski definition) is 1. The van der Waals surface area contributed by atoms with E-state index in [0.717, 1.165) is 37.5 Å². The van der Waals surface area contributed by atoms with Gasteiger partial charge in [-0.15, -0.1) is 0 Å². The lowest BCUT2D eigenvalue weighted by Crippen LogP contribution is -2.32. The molecule has 2 heterocycles. The number of aromatic nitrogens is 2. The van der Waals surface area contributed by atoms with Gasteiger partial charge in [0.05, 0.1) is 11.9 Å². The second-order valence-corrected chi connectivity index (χ2v) is 6.76. The molecule has 2 N–H and O–H groups in total. The number of rotatable bonds is 2. The largest absolute Gasteiger partial charge is 0.369 e. The van der Waals surface area contributed by atoms with E-state index in [4.69, 9.17) is 5.73 Å². The molecule has 1 aromatic rings. The predicted molar refractivity (Wildman–Crippen MR) is 82.9 cm³/mol. The fraction of sp³-hybridized carbons (Fsp3) is 0.714. The minimum Gasteiger partial charge on any atom is -0.369 e. The first-order chi connectivity index (χ1) is 9.60. The fourth-order valence-electron chi connectivity index (χ4n) is 3.57. The number of aryl methyl sites for hydroxylation is 1. The van der Waals surface area contributed by atoms with Crippen LogP contribution in [0.3, 0.4) is 0 Å². The Hall–Kier alpha value is -0.880. The topological polar surface area (TPSA) is 64.2 Å². The number of nitrogens with zero attached hydrogens (tertiary/aromatic N) is 3. The molecule has 5 nitrogen and oxygen atoms in total. The van der Waals surface area contributed by atoms with Crippen molar-refractivity contribution in [1.82, 2.24) is 9.78 Å². The summed E-state index contributed by atoms with van der Waals surface area (Å²) in [6, 6.07) is 0.353. The molecule has 1 unspecified atom stereocenters. The van der Waals surface area contributed by atoms with E-state index < -0.39 is 0 Å². The van der Waals surface area contributed by atoms with Gasteiger partial charge in [0.15, 0.2) is 0 Å². The highest BCUT2D eigenvalue weighted by Crippen LogP contribution is 2.38. The molecule has 2 fully saturated rings. The van der Waals surface area contributed by atoms with Crippen LogP contribution in [0.15, 0.2) is 15.5 Å². The molecular formula is C14H21BrN4O. The van der Waals surface area contributed by atoms with Crippen LogP contribution in [0.25, 0.3) is 0 Å². The van der Waals surface area contributed by atoms with Crippen LogP contribution < -0.4 is 16.2 Å². The van der Waals surface area contributed by atoms with Crippen molar-refractivity contribution in [2.45, 2.75) is 38.8 Å². The van der Waals surface area contributed by atoms with Gasteiger partial charge in [0.25, 0.3) is 5.56 Å². The summed E-state index contributed by atoms with van der Waals surface area (Å²) < 4.78 is 2.12. The van der Waals surface area contributed by atoms with Crippen LogP contribution in [0.4, 0.5) is 5.69 Å². The summed E-state index contributed by atoms with van der Waals surface area (Å²) in [5, 5.41) is 4.24. The van der Waals surface area contributed by atoms with Gasteiger partial charge in [0.1, 0.15) is 4.47 Å². The summed E-state index contributed by atoms with van der Waals surface area (Å²) in [7, 11) is 0. The Balaban J connectivity index is 1.85. The van der Waals surface area contributed by atoms with Crippen LogP contribution in [-0.2, 0) is 6.54 Å². The lowest BCUT2D eigenvalue weighted by Gasteiger charge is -2.27. The van der Waals surface area contributed by atoms with E-state index in [9.17, 15) is 4.79 Å². The van der Waals surface area contributed by atoms with Crippen molar-refractivity contribution in [2.24, 2.45) is 17.6 Å². The molecule has 0 amide bonds. The molecular weight excluding hydrogens is 320 g/mol. The smallest absolute Gasteiger partial charge is 0.283 e. The molecule has 1 aliphatic carbocycles. The highest BCUT2D eigenvalue weighted by Gasteiger charge is 2.37. The summed E-state index contributed by atoms with van der Waals surface area (Å²) in [6.07, 6.45) is 5.26. The van der Waals surface area contributed by atoms with Gasteiger partial charge in [0, 0.05) is 25.7 Å². The molecule has 1 aromatic heterocycles. The van der Waals surface area contributed by atoms with Crippen molar-refractivity contribution < 1.29 is 0 Å². The van der Waals surface area contributed by atoms with Gasteiger partial charge >= 0.3 is 0 Å². The first kappa shape index (κ1) is 14.1. The second kappa shape index (κ2) is 5.48. The summed E-state index contributed by atoms with van der Waals surface area (Å²) in [6.45, 7) is 4.53. The van der Waals surface area contributed by atoms with Crippen molar-refractivity contribution in [1.29, 1.82) is 0 Å². The Morgan fingerprint density at radius 3 is 2.90 bits per heavy atom. The van der Waals surface area contributed by atoms with Crippen LogP contribution in [0, 0.1) is 11.8 Å². The molecule has 6 heteroatoms. The molecule has 1 saturated heterocycles. The molecule has 1 saturated carbocycles. The molecule has 20 heavy (non-hydrogen) atoms. The third-order valence-electron chi connectivity index (χ3n) is 4.70. The van der Waals surface area contributed by atoms with Gasteiger partial charge in [-0.05, 0) is 54.0 Å². The van der Waals surface area contributed by atoms with E-state index in [1.54, 1.807) is 0 Å². The maximum Gasteiger partial charge on any atom is 0.283 e. The molecule has 0 radical (unpaired) electrons. The van der Waals surface area contributed by atoms with Crippen LogP contribution >= 0.6 is 15.9 Å². The molecule has 3 atom stereocenters. The lowest BCUT2D eigenvalue weighted by molar-refractivity contribution is 0.271. The van der Waals surface area contributed by atoms with Crippen molar-refractivity contribution >= 4 is 21.6 Å². The standard InChI is InChI=1S/C14H21BrN4O/c1-2-19-14(20)13(15)12(6-17-19)18-7-9-3-4-11(16)5-10(9)8-18/h6,9-11H,2-5,7-8,16H2,1H3/t9-,10+,11?/m1/s1.